The van der Waals surface area contributed by atoms with E-state index >= 15 is 0 Å². The Morgan fingerprint density at radius 2 is 2.19 bits per heavy atom. The van der Waals surface area contributed by atoms with Gasteiger partial charge >= 0.3 is 0 Å². The quantitative estimate of drug-likeness (QED) is 0.684. The van der Waals surface area contributed by atoms with Gasteiger partial charge in [-0.1, -0.05) is 0 Å². The van der Waals surface area contributed by atoms with Gasteiger partial charge in [0.2, 0.25) is 11.9 Å². The van der Waals surface area contributed by atoms with Crippen molar-refractivity contribution in [3.63, 3.8) is 0 Å². The van der Waals surface area contributed by atoms with Crippen LogP contribution in [0.5, 0.6) is 0 Å². The van der Waals surface area contributed by atoms with Gasteiger partial charge in [-0.05, 0) is 16.5 Å². The number of nitrogens with zero attached hydrogens (tertiary/aromatic N) is 9. The Morgan fingerprint density at radius 1 is 1.38 bits per heavy atom. The number of carbonyl (C=O) groups is 1. The first kappa shape index (κ1) is 18.0. The van der Waals surface area contributed by atoms with Crippen LogP contribution in [0.2, 0.25) is 0 Å². The average molecular weight is 363 g/mol. The van der Waals surface area contributed by atoms with Crippen molar-refractivity contribution in [1.82, 2.24) is 35.1 Å². The van der Waals surface area contributed by atoms with E-state index in [1.807, 2.05) is 19.0 Å². The minimum atomic E-state index is -0.958. The van der Waals surface area contributed by atoms with Crippen LogP contribution in [0, 0.1) is 0 Å². The highest BCUT2D eigenvalue weighted by Gasteiger charge is 2.34. The van der Waals surface area contributed by atoms with E-state index in [4.69, 9.17) is 0 Å². The summed E-state index contributed by atoms with van der Waals surface area (Å²) in [5.41, 5.74) is 0. The van der Waals surface area contributed by atoms with Gasteiger partial charge in [0.1, 0.15) is 24.9 Å². The van der Waals surface area contributed by atoms with E-state index in [2.05, 4.69) is 25.5 Å². The second-order valence-corrected chi connectivity index (χ2v) is 6.53. The van der Waals surface area contributed by atoms with Crippen LogP contribution in [-0.4, -0.2) is 87.4 Å². The molecule has 0 radical (unpaired) electrons. The van der Waals surface area contributed by atoms with Crippen LogP contribution in [0.3, 0.4) is 0 Å². The Labute approximate surface area is 150 Å². The fourth-order valence-corrected chi connectivity index (χ4v) is 2.96. The summed E-state index contributed by atoms with van der Waals surface area (Å²) in [6.45, 7) is 0.694. The molecule has 0 saturated carbocycles. The van der Waals surface area contributed by atoms with Gasteiger partial charge in [0, 0.05) is 40.3 Å². The first-order valence-electron chi connectivity index (χ1n) is 8.30. The molecule has 3 heterocycles. The van der Waals surface area contributed by atoms with Gasteiger partial charge in [-0.3, -0.25) is 4.79 Å². The second-order valence-electron chi connectivity index (χ2n) is 6.53. The zero-order valence-electron chi connectivity index (χ0n) is 15.0. The molecule has 140 valence electrons. The van der Waals surface area contributed by atoms with Crippen LogP contribution in [0.1, 0.15) is 6.42 Å². The highest BCUT2D eigenvalue weighted by Crippen LogP contribution is 2.27. The molecule has 2 aromatic rings. The van der Waals surface area contributed by atoms with Crippen LogP contribution >= 0.6 is 0 Å². The fraction of sp³-hybridized carbons (Fsp3) is 0.600. The van der Waals surface area contributed by atoms with Crippen LogP contribution < -0.4 is 9.80 Å². The van der Waals surface area contributed by atoms with Gasteiger partial charge < -0.3 is 14.7 Å². The standard InChI is InChI=1S/C15H22FN9O/c1-22(2)15-17-5-4-13(19-15)25-7-11(16)6-12(25)8-23(3)14(26)9-24-10-18-20-21-24/h4-5,10-12H,6-9H2,1-3H3/t11-,12-/m0/s1. The van der Waals surface area contributed by atoms with Gasteiger partial charge in [0.15, 0.2) is 0 Å². The zero-order valence-corrected chi connectivity index (χ0v) is 15.0. The smallest absolute Gasteiger partial charge is 0.244 e. The number of halogens is 1. The van der Waals surface area contributed by atoms with E-state index in [0.717, 1.165) is 0 Å². The number of likely N-dealkylation sites (N-methyl/N-ethyl adjacent to an activating group) is 1. The average Bonchev–Trinajstić information content (AvgIpc) is 3.24. The SMILES string of the molecule is CN(C[C@@H]1C[C@H](F)CN1c1ccnc(N(C)C)n1)C(=O)Cn1cnnn1. The number of alkyl halides is 1. The summed E-state index contributed by atoms with van der Waals surface area (Å²) in [6, 6.07) is 1.61. The molecule has 1 fully saturated rings. The van der Waals surface area contributed by atoms with Gasteiger partial charge in [0.05, 0.1) is 12.6 Å². The topological polar surface area (TPSA) is 96.2 Å². The molecule has 0 spiro atoms. The van der Waals surface area contributed by atoms with Crippen LogP contribution in [0.15, 0.2) is 18.6 Å². The van der Waals surface area contributed by atoms with Gasteiger partial charge in [0.25, 0.3) is 0 Å². The van der Waals surface area contributed by atoms with E-state index in [1.165, 1.54) is 11.0 Å². The van der Waals surface area contributed by atoms with E-state index in [9.17, 15) is 9.18 Å². The van der Waals surface area contributed by atoms with Crippen molar-refractivity contribution in [2.75, 3.05) is 44.0 Å². The lowest BCUT2D eigenvalue weighted by Crippen LogP contribution is -2.42. The van der Waals surface area contributed by atoms with Crippen molar-refractivity contribution < 1.29 is 9.18 Å². The van der Waals surface area contributed by atoms with Gasteiger partial charge in [-0.2, -0.15) is 4.98 Å². The van der Waals surface area contributed by atoms with E-state index in [1.54, 1.807) is 29.1 Å². The van der Waals surface area contributed by atoms with Crippen molar-refractivity contribution in [2.45, 2.75) is 25.2 Å². The van der Waals surface area contributed by atoms with Crippen molar-refractivity contribution in [3.8, 4) is 0 Å². The maximum atomic E-state index is 14.1. The van der Waals surface area contributed by atoms with E-state index in [0.29, 0.717) is 24.7 Å². The molecule has 1 aliphatic rings. The monoisotopic (exact) mass is 363 g/mol. The molecule has 1 aliphatic heterocycles. The summed E-state index contributed by atoms with van der Waals surface area (Å²) >= 11 is 0. The third-order valence-corrected chi connectivity index (χ3v) is 4.28. The fourth-order valence-electron chi connectivity index (χ4n) is 2.96. The third-order valence-electron chi connectivity index (χ3n) is 4.28. The van der Waals surface area contributed by atoms with Gasteiger partial charge in [-0.25, -0.2) is 14.1 Å². The molecule has 2 atom stereocenters. The zero-order chi connectivity index (χ0) is 18.7. The van der Waals surface area contributed by atoms with E-state index in [-0.39, 0.29) is 25.0 Å². The number of amides is 1. The molecule has 0 aliphatic carbocycles. The van der Waals surface area contributed by atoms with Crippen molar-refractivity contribution in [1.29, 1.82) is 0 Å². The molecule has 0 bridgehead atoms. The predicted octanol–water partition coefficient (Wildman–Crippen LogP) is -0.395. The number of tetrazole rings is 1. The minimum absolute atomic E-state index is 0.0492. The largest absolute Gasteiger partial charge is 0.349 e. The number of carbonyl (C=O) groups excluding carboxylic acids is 1. The van der Waals surface area contributed by atoms with Crippen molar-refractivity contribution in [3.05, 3.63) is 18.6 Å². The molecule has 2 aromatic heterocycles. The highest BCUT2D eigenvalue weighted by molar-refractivity contribution is 5.75. The molecule has 1 amide bonds. The van der Waals surface area contributed by atoms with E-state index < -0.39 is 6.17 Å². The molecule has 0 aromatic carbocycles. The maximum absolute atomic E-state index is 14.1. The Morgan fingerprint density at radius 3 is 2.88 bits per heavy atom. The first-order valence-corrected chi connectivity index (χ1v) is 8.30. The lowest BCUT2D eigenvalue weighted by atomic mass is 10.2. The Bertz CT molecular complexity index is 738. The third kappa shape index (κ3) is 4.03. The molecular weight excluding hydrogens is 341 g/mol. The Kier molecular flexibility index (Phi) is 5.24. The summed E-state index contributed by atoms with van der Waals surface area (Å²) in [6.07, 6.45) is 2.44. The summed E-state index contributed by atoms with van der Waals surface area (Å²) in [7, 11) is 5.40. The van der Waals surface area contributed by atoms with Crippen molar-refractivity contribution >= 4 is 17.7 Å². The first-order chi connectivity index (χ1) is 12.4. The summed E-state index contributed by atoms with van der Waals surface area (Å²) in [4.78, 5) is 26.3. The second kappa shape index (κ2) is 7.58. The lowest BCUT2D eigenvalue weighted by molar-refractivity contribution is -0.131. The Balaban J connectivity index is 1.69. The van der Waals surface area contributed by atoms with Gasteiger partial charge in [-0.15, -0.1) is 5.10 Å². The molecule has 1 saturated heterocycles. The maximum Gasteiger partial charge on any atom is 0.244 e. The lowest BCUT2D eigenvalue weighted by Gasteiger charge is -2.29. The summed E-state index contributed by atoms with van der Waals surface area (Å²) in [5, 5.41) is 10.7. The molecule has 11 heteroatoms. The minimum Gasteiger partial charge on any atom is -0.349 e. The number of aromatic nitrogens is 6. The molecular formula is C15H22FN9O. The Hall–Kier alpha value is -2.85. The van der Waals surface area contributed by atoms with Crippen molar-refractivity contribution in [2.24, 2.45) is 0 Å². The van der Waals surface area contributed by atoms with Crippen LogP contribution in [0.4, 0.5) is 16.2 Å². The predicted molar refractivity (Wildman–Crippen MR) is 92.5 cm³/mol. The van der Waals surface area contributed by atoms with Crippen LogP contribution in [-0.2, 0) is 11.3 Å². The summed E-state index contributed by atoms with van der Waals surface area (Å²) < 4.78 is 15.5. The molecule has 0 N–H and O–H groups in total. The van der Waals surface area contributed by atoms with Crippen LogP contribution in [0.25, 0.3) is 0 Å². The number of hydrogen-bond acceptors (Lipinski definition) is 8. The number of rotatable bonds is 6. The number of anilines is 2. The highest BCUT2D eigenvalue weighted by atomic mass is 19.1. The summed E-state index contributed by atoms with van der Waals surface area (Å²) in [5.74, 6) is 1.08. The molecule has 3 rings (SSSR count). The molecule has 0 unspecified atom stereocenters. The number of hydrogen-bond donors (Lipinski definition) is 0. The normalized spacial score (nSPS) is 19.6. The molecule has 10 nitrogen and oxygen atoms in total. The molecule has 26 heavy (non-hydrogen) atoms.